The van der Waals surface area contributed by atoms with Crippen LogP contribution < -0.4 is 10.1 Å². The molecule has 0 bridgehead atoms. The molecule has 2 heteroatoms. The summed E-state index contributed by atoms with van der Waals surface area (Å²) < 4.78 is 5.52. The molecule has 1 heterocycles. The summed E-state index contributed by atoms with van der Waals surface area (Å²) in [5.41, 5.74) is 3.25. The van der Waals surface area contributed by atoms with Crippen molar-refractivity contribution in [1.29, 1.82) is 0 Å². The molecule has 0 aromatic heterocycles. The number of hydrogen-bond acceptors (Lipinski definition) is 2. The van der Waals surface area contributed by atoms with Gasteiger partial charge in [0.05, 0.1) is 6.61 Å². The van der Waals surface area contributed by atoms with Crippen molar-refractivity contribution in [3.63, 3.8) is 0 Å². The van der Waals surface area contributed by atoms with Crippen LogP contribution in [-0.2, 0) is 12.8 Å². The third-order valence-corrected chi connectivity index (χ3v) is 4.18. The summed E-state index contributed by atoms with van der Waals surface area (Å²) in [6, 6.07) is 6.64. The molecule has 0 saturated heterocycles. The molecule has 1 saturated carbocycles. The van der Waals surface area contributed by atoms with E-state index in [0.717, 1.165) is 31.7 Å². The average molecular weight is 231 g/mol. The molecule has 92 valence electrons. The molecule has 0 unspecified atom stereocenters. The van der Waals surface area contributed by atoms with Crippen LogP contribution in [-0.4, -0.2) is 18.7 Å². The second-order valence-corrected chi connectivity index (χ2v) is 5.63. The van der Waals surface area contributed by atoms with Crippen molar-refractivity contribution in [3.8, 4) is 5.75 Å². The Labute approximate surface area is 103 Å². The van der Waals surface area contributed by atoms with Crippen LogP contribution in [0, 0.1) is 0 Å². The highest BCUT2D eigenvalue weighted by Crippen LogP contribution is 2.31. The summed E-state index contributed by atoms with van der Waals surface area (Å²) in [4.78, 5) is 0. The molecular weight excluding hydrogens is 210 g/mol. The molecule has 1 N–H and O–H groups in total. The lowest BCUT2D eigenvalue weighted by molar-refractivity contribution is 0.210. The minimum absolute atomic E-state index is 0.430. The highest BCUT2D eigenvalue weighted by Gasteiger charge is 2.30. The molecule has 0 spiro atoms. The second kappa shape index (κ2) is 4.34. The molecule has 1 aliphatic heterocycles. The number of fused-ring (bicyclic) bond motifs is 1. The Morgan fingerprint density at radius 1 is 1.35 bits per heavy atom. The van der Waals surface area contributed by atoms with E-state index in [0.29, 0.717) is 5.54 Å². The van der Waals surface area contributed by atoms with Crippen molar-refractivity contribution < 1.29 is 4.74 Å². The Balaban J connectivity index is 1.54. The van der Waals surface area contributed by atoms with Crippen LogP contribution in [0.4, 0.5) is 0 Å². The van der Waals surface area contributed by atoms with E-state index in [1.807, 2.05) is 0 Å². The van der Waals surface area contributed by atoms with Gasteiger partial charge in [-0.3, -0.25) is 0 Å². The third-order valence-electron chi connectivity index (χ3n) is 4.18. The fraction of sp³-hybridized carbons (Fsp3) is 0.600. The van der Waals surface area contributed by atoms with Crippen LogP contribution in [0.25, 0.3) is 0 Å². The Morgan fingerprint density at radius 2 is 2.24 bits per heavy atom. The molecular formula is C15H21NO. The van der Waals surface area contributed by atoms with Crippen LogP contribution >= 0.6 is 0 Å². The lowest BCUT2D eigenvalue weighted by Crippen LogP contribution is -2.48. The van der Waals surface area contributed by atoms with Gasteiger partial charge in [-0.1, -0.05) is 12.1 Å². The highest BCUT2D eigenvalue weighted by molar-refractivity contribution is 5.39. The van der Waals surface area contributed by atoms with E-state index in [1.165, 1.54) is 30.4 Å². The Morgan fingerprint density at radius 3 is 3.00 bits per heavy atom. The fourth-order valence-electron chi connectivity index (χ4n) is 2.79. The van der Waals surface area contributed by atoms with E-state index < -0.39 is 0 Å². The first-order valence-corrected chi connectivity index (χ1v) is 6.75. The number of benzene rings is 1. The van der Waals surface area contributed by atoms with Gasteiger partial charge in [-0.2, -0.15) is 0 Å². The molecule has 17 heavy (non-hydrogen) atoms. The molecule has 2 nitrogen and oxygen atoms in total. The molecule has 0 radical (unpaired) electrons. The number of hydrogen-bond donors (Lipinski definition) is 1. The summed E-state index contributed by atoms with van der Waals surface area (Å²) in [6.45, 7) is 4.29. The largest absolute Gasteiger partial charge is 0.493 e. The van der Waals surface area contributed by atoms with Gasteiger partial charge in [0.25, 0.3) is 0 Å². The van der Waals surface area contributed by atoms with Gasteiger partial charge in [0.15, 0.2) is 0 Å². The van der Waals surface area contributed by atoms with Crippen LogP contribution in [0.2, 0.25) is 0 Å². The normalized spacial score (nSPS) is 20.5. The molecule has 1 aliphatic carbocycles. The van der Waals surface area contributed by atoms with Crippen molar-refractivity contribution in [2.45, 2.75) is 44.6 Å². The first-order valence-electron chi connectivity index (χ1n) is 6.75. The standard InChI is InChI=1S/C15H21NO/c1-15(7-2-8-15)16-9-5-12-3-4-14-13(11-12)6-10-17-14/h3-4,11,16H,2,5-10H2,1H3. The van der Waals surface area contributed by atoms with Gasteiger partial charge in [-0.25, -0.2) is 0 Å². The fourth-order valence-corrected chi connectivity index (χ4v) is 2.79. The van der Waals surface area contributed by atoms with Crippen LogP contribution in [0.3, 0.4) is 0 Å². The summed E-state index contributed by atoms with van der Waals surface area (Å²) in [6.07, 6.45) is 6.27. The summed E-state index contributed by atoms with van der Waals surface area (Å²) in [7, 11) is 0. The van der Waals surface area contributed by atoms with Crippen molar-refractivity contribution in [1.82, 2.24) is 5.32 Å². The number of ether oxygens (including phenoxy) is 1. The maximum atomic E-state index is 5.52. The molecule has 1 aromatic carbocycles. The van der Waals surface area contributed by atoms with E-state index in [1.54, 1.807) is 0 Å². The Hall–Kier alpha value is -1.02. The quantitative estimate of drug-likeness (QED) is 0.860. The zero-order valence-electron chi connectivity index (χ0n) is 10.6. The maximum absolute atomic E-state index is 5.52. The van der Waals surface area contributed by atoms with Crippen LogP contribution in [0.15, 0.2) is 18.2 Å². The summed E-state index contributed by atoms with van der Waals surface area (Å²) >= 11 is 0. The third kappa shape index (κ3) is 2.32. The van der Waals surface area contributed by atoms with Gasteiger partial charge < -0.3 is 10.1 Å². The van der Waals surface area contributed by atoms with E-state index in [9.17, 15) is 0 Å². The van der Waals surface area contributed by atoms with Gasteiger partial charge in [-0.15, -0.1) is 0 Å². The lowest BCUT2D eigenvalue weighted by atomic mass is 9.78. The predicted molar refractivity (Wildman–Crippen MR) is 69.6 cm³/mol. The molecule has 2 aliphatic rings. The minimum Gasteiger partial charge on any atom is -0.493 e. The highest BCUT2D eigenvalue weighted by atomic mass is 16.5. The van der Waals surface area contributed by atoms with E-state index in [4.69, 9.17) is 4.74 Å². The second-order valence-electron chi connectivity index (χ2n) is 5.63. The smallest absolute Gasteiger partial charge is 0.122 e. The predicted octanol–water partition coefficient (Wildman–Crippen LogP) is 2.70. The number of nitrogens with one attached hydrogen (secondary N) is 1. The summed E-state index contributed by atoms with van der Waals surface area (Å²) in [5.74, 6) is 1.09. The van der Waals surface area contributed by atoms with E-state index in [2.05, 4.69) is 30.4 Å². The van der Waals surface area contributed by atoms with Gasteiger partial charge in [0.1, 0.15) is 5.75 Å². The average Bonchev–Trinajstić information content (AvgIpc) is 2.74. The molecule has 1 fully saturated rings. The molecule has 1 aromatic rings. The first-order chi connectivity index (χ1) is 8.25. The molecule has 0 atom stereocenters. The van der Waals surface area contributed by atoms with Crippen molar-refractivity contribution in [2.24, 2.45) is 0 Å². The summed E-state index contributed by atoms with van der Waals surface area (Å²) in [5, 5.41) is 3.68. The molecule has 0 amide bonds. The van der Waals surface area contributed by atoms with E-state index in [-0.39, 0.29) is 0 Å². The van der Waals surface area contributed by atoms with Crippen LogP contribution in [0.5, 0.6) is 5.75 Å². The Bertz CT molecular complexity index is 409. The lowest BCUT2D eigenvalue weighted by Gasteiger charge is -2.39. The maximum Gasteiger partial charge on any atom is 0.122 e. The van der Waals surface area contributed by atoms with Crippen molar-refractivity contribution >= 4 is 0 Å². The minimum atomic E-state index is 0.430. The topological polar surface area (TPSA) is 21.3 Å². The van der Waals surface area contributed by atoms with E-state index >= 15 is 0 Å². The zero-order chi connectivity index (χ0) is 11.7. The Kier molecular flexibility index (Phi) is 2.83. The van der Waals surface area contributed by atoms with Gasteiger partial charge in [0.2, 0.25) is 0 Å². The van der Waals surface area contributed by atoms with Crippen molar-refractivity contribution in [3.05, 3.63) is 29.3 Å². The van der Waals surface area contributed by atoms with Gasteiger partial charge in [-0.05, 0) is 56.3 Å². The van der Waals surface area contributed by atoms with Crippen LogP contribution in [0.1, 0.15) is 37.3 Å². The van der Waals surface area contributed by atoms with Gasteiger partial charge >= 0.3 is 0 Å². The molecule has 3 rings (SSSR count). The van der Waals surface area contributed by atoms with Gasteiger partial charge in [0, 0.05) is 12.0 Å². The number of rotatable bonds is 4. The monoisotopic (exact) mass is 231 g/mol. The van der Waals surface area contributed by atoms with Crippen molar-refractivity contribution in [2.75, 3.05) is 13.2 Å². The SMILES string of the molecule is CC1(NCCc2ccc3c(c2)CCO3)CCC1. The zero-order valence-corrected chi connectivity index (χ0v) is 10.6. The first kappa shape index (κ1) is 11.1.